The quantitative estimate of drug-likeness (QED) is 0.859. The summed E-state index contributed by atoms with van der Waals surface area (Å²) in [5.74, 6) is 0.397. The molecular weight excluding hydrogens is 291 g/mol. The van der Waals surface area contributed by atoms with E-state index in [2.05, 4.69) is 0 Å². The van der Waals surface area contributed by atoms with Crippen LogP contribution in [-0.2, 0) is 4.57 Å². The first-order valence-corrected chi connectivity index (χ1v) is 7.82. The van der Waals surface area contributed by atoms with Crippen molar-refractivity contribution < 1.29 is 23.7 Å². The van der Waals surface area contributed by atoms with Crippen molar-refractivity contribution in [2.45, 2.75) is 0 Å². The van der Waals surface area contributed by atoms with Crippen LogP contribution in [0.15, 0.2) is 48.5 Å². The van der Waals surface area contributed by atoms with Gasteiger partial charge >= 0.3 is 0 Å². The summed E-state index contributed by atoms with van der Waals surface area (Å²) in [4.78, 5) is 22.8. The van der Waals surface area contributed by atoms with E-state index >= 15 is 0 Å². The summed E-state index contributed by atoms with van der Waals surface area (Å²) in [5.41, 5.74) is -0.944. The van der Waals surface area contributed by atoms with Crippen molar-refractivity contribution in [2.24, 2.45) is 0 Å². The Bertz CT molecular complexity index is 674. The van der Waals surface area contributed by atoms with Crippen molar-refractivity contribution in [1.82, 2.24) is 0 Å². The van der Waals surface area contributed by atoms with Gasteiger partial charge in [0, 0.05) is 5.30 Å². The van der Waals surface area contributed by atoms with Gasteiger partial charge in [0.15, 0.2) is 0 Å². The lowest BCUT2D eigenvalue weighted by molar-refractivity contribution is 0.105. The monoisotopic (exact) mass is 306 g/mol. The number of benzene rings is 2. The van der Waals surface area contributed by atoms with Gasteiger partial charge in [-0.3, -0.25) is 9.36 Å². The van der Waals surface area contributed by atoms with Crippen molar-refractivity contribution in [1.29, 1.82) is 0 Å². The molecule has 0 aliphatic rings. The van der Waals surface area contributed by atoms with E-state index in [0.29, 0.717) is 0 Å². The fourth-order valence-corrected chi connectivity index (χ4v) is 3.30. The molecule has 0 saturated carbocycles. The Morgan fingerprint density at radius 2 is 1.48 bits per heavy atom. The highest BCUT2D eigenvalue weighted by molar-refractivity contribution is 7.82. The molecule has 5 nitrogen and oxygen atoms in total. The van der Waals surface area contributed by atoms with Crippen molar-refractivity contribution in [3.05, 3.63) is 54.1 Å². The average Bonchev–Trinajstić information content (AvgIpc) is 2.54. The van der Waals surface area contributed by atoms with Gasteiger partial charge in [-0.2, -0.15) is 0 Å². The lowest BCUT2D eigenvalue weighted by Crippen LogP contribution is -2.14. The molecule has 0 fully saturated rings. The summed E-state index contributed by atoms with van der Waals surface area (Å²) in [6.07, 6.45) is 0. The van der Waals surface area contributed by atoms with E-state index in [9.17, 15) is 14.3 Å². The number of methoxy groups -OCH3 is 2. The van der Waals surface area contributed by atoms with Crippen LogP contribution in [0.4, 0.5) is 0 Å². The Morgan fingerprint density at radius 3 is 1.95 bits per heavy atom. The molecule has 0 aliphatic heterocycles. The van der Waals surface area contributed by atoms with Gasteiger partial charge in [0.1, 0.15) is 17.1 Å². The van der Waals surface area contributed by atoms with Crippen molar-refractivity contribution >= 4 is 18.2 Å². The maximum absolute atomic E-state index is 12.6. The normalized spacial score (nSPS) is 13.3. The molecule has 1 atom stereocenters. The van der Waals surface area contributed by atoms with Crippen molar-refractivity contribution in [3.63, 3.8) is 0 Å². The van der Waals surface area contributed by atoms with Gasteiger partial charge in [0.05, 0.1) is 14.2 Å². The molecule has 2 aromatic carbocycles. The number of rotatable bonds is 5. The number of hydrogen-bond acceptors (Lipinski definition) is 4. The van der Waals surface area contributed by atoms with Crippen LogP contribution < -0.4 is 14.8 Å². The second kappa shape index (κ2) is 6.12. The molecule has 0 amide bonds. The van der Waals surface area contributed by atoms with Gasteiger partial charge in [-0.15, -0.1) is 0 Å². The lowest BCUT2D eigenvalue weighted by Gasteiger charge is -2.15. The van der Waals surface area contributed by atoms with E-state index in [1.54, 1.807) is 36.4 Å². The van der Waals surface area contributed by atoms with Crippen LogP contribution in [0, 0.1) is 0 Å². The van der Waals surface area contributed by atoms with Gasteiger partial charge in [0.25, 0.3) is 12.9 Å². The van der Waals surface area contributed by atoms with Crippen LogP contribution in [0.5, 0.6) is 11.5 Å². The highest BCUT2D eigenvalue weighted by Crippen LogP contribution is 2.47. The Kier molecular flexibility index (Phi) is 4.46. The van der Waals surface area contributed by atoms with E-state index < -0.39 is 12.9 Å². The second-order valence-electron chi connectivity index (χ2n) is 4.25. The Labute approximate surface area is 122 Å². The van der Waals surface area contributed by atoms with Crippen LogP contribution in [0.3, 0.4) is 0 Å². The first-order chi connectivity index (χ1) is 10.0. The van der Waals surface area contributed by atoms with Gasteiger partial charge in [-0.05, 0) is 24.3 Å². The third-order valence-electron chi connectivity index (χ3n) is 3.02. The van der Waals surface area contributed by atoms with Crippen molar-refractivity contribution in [2.75, 3.05) is 14.2 Å². The molecule has 0 aromatic heterocycles. The summed E-state index contributed by atoms with van der Waals surface area (Å²) >= 11 is 0. The van der Waals surface area contributed by atoms with Crippen LogP contribution in [0.1, 0.15) is 10.4 Å². The van der Waals surface area contributed by atoms with Crippen LogP contribution in [-0.4, -0.2) is 24.6 Å². The topological polar surface area (TPSA) is 72.8 Å². The fraction of sp³-hybridized carbons (Fsp3) is 0.133. The average molecular weight is 306 g/mol. The standard InChI is InChI=1S/C15H15O5P/c1-19-12-9-6-10-13(20-2)14(12)15(16)21(17,18)11-7-4-3-5-8-11/h3-10H,1-2H3,(H,17,18). The van der Waals surface area contributed by atoms with Gasteiger partial charge < -0.3 is 14.4 Å². The number of carbonyl (C=O) groups is 1. The SMILES string of the molecule is COc1cccc(OC)c1C(=O)P(=O)(O)c1ccccc1. The molecule has 110 valence electrons. The first-order valence-electron chi connectivity index (χ1n) is 6.16. The van der Waals surface area contributed by atoms with Crippen LogP contribution in [0.2, 0.25) is 0 Å². The Hall–Kier alpha value is -2.10. The number of ether oxygens (including phenoxy) is 2. The molecule has 0 radical (unpaired) electrons. The molecule has 21 heavy (non-hydrogen) atoms. The predicted octanol–water partition coefficient (Wildman–Crippen LogP) is 2.44. The number of hydrogen-bond donors (Lipinski definition) is 1. The molecule has 2 rings (SSSR count). The van der Waals surface area contributed by atoms with E-state index in [1.165, 1.54) is 26.4 Å². The van der Waals surface area contributed by atoms with E-state index in [1.807, 2.05) is 0 Å². The second-order valence-corrected chi connectivity index (χ2v) is 6.33. The largest absolute Gasteiger partial charge is 0.496 e. The molecule has 2 aromatic rings. The molecule has 1 N–H and O–H groups in total. The molecule has 0 spiro atoms. The Morgan fingerprint density at radius 1 is 0.952 bits per heavy atom. The van der Waals surface area contributed by atoms with Gasteiger partial charge in [-0.1, -0.05) is 24.3 Å². The van der Waals surface area contributed by atoms with E-state index in [-0.39, 0.29) is 22.4 Å². The molecular formula is C15H15O5P. The van der Waals surface area contributed by atoms with E-state index in [4.69, 9.17) is 9.47 Å². The summed E-state index contributed by atoms with van der Waals surface area (Å²) < 4.78 is 22.8. The zero-order valence-electron chi connectivity index (χ0n) is 11.6. The minimum Gasteiger partial charge on any atom is -0.496 e. The van der Waals surface area contributed by atoms with Crippen molar-refractivity contribution in [3.8, 4) is 11.5 Å². The highest BCUT2D eigenvalue weighted by atomic mass is 31.2. The lowest BCUT2D eigenvalue weighted by atomic mass is 10.2. The van der Waals surface area contributed by atoms with Crippen LogP contribution >= 0.6 is 7.37 Å². The van der Waals surface area contributed by atoms with Gasteiger partial charge in [-0.25, -0.2) is 0 Å². The smallest absolute Gasteiger partial charge is 0.298 e. The summed E-state index contributed by atoms with van der Waals surface area (Å²) in [6.45, 7) is 0. The van der Waals surface area contributed by atoms with Crippen LogP contribution in [0.25, 0.3) is 0 Å². The maximum atomic E-state index is 12.6. The maximum Gasteiger partial charge on any atom is 0.298 e. The molecule has 0 heterocycles. The zero-order chi connectivity index (χ0) is 15.5. The highest BCUT2D eigenvalue weighted by Gasteiger charge is 2.36. The molecule has 0 saturated heterocycles. The Balaban J connectivity index is 2.57. The van der Waals surface area contributed by atoms with E-state index in [0.717, 1.165) is 0 Å². The summed E-state index contributed by atoms with van der Waals surface area (Å²) in [5, 5.41) is 0.0722. The minimum atomic E-state index is -4.24. The minimum absolute atomic E-state index is 0.0304. The predicted molar refractivity (Wildman–Crippen MR) is 79.8 cm³/mol. The molecule has 6 heteroatoms. The summed E-state index contributed by atoms with van der Waals surface area (Å²) in [7, 11) is -1.47. The molecule has 0 aliphatic carbocycles. The van der Waals surface area contributed by atoms with Gasteiger partial charge in [0.2, 0.25) is 0 Å². The third-order valence-corrected chi connectivity index (χ3v) is 4.80. The molecule has 1 unspecified atom stereocenters. The molecule has 0 bridgehead atoms. The first kappa shape index (κ1) is 15.3. The fourth-order valence-electron chi connectivity index (χ4n) is 1.96. The third kappa shape index (κ3) is 2.84. The summed E-state index contributed by atoms with van der Waals surface area (Å²) in [6, 6.07) is 12.5. The number of carbonyl (C=O) groups excluding carboxylic acids is 1. The zero-order valence-corrected chi connectivity index (χ0v) is 12.5.